The molecule has 2 aliphatic heterocycles. The number of unbranched alkanes of at least 4 members (excludes halogenated alkanes) is 1. The highest BCUT2D eigenvalue weighted by Crippen LogP contribution is 2.33. The first-order chi connectivity index (χ1) is 17.1. The maximum atomic E-state index is 12.7. The zero-order valence-electron chi connectivity index (χ0n) is 20.8. The number of para-hydroxylation sites is 2. The summed E-state index contributed by atoms with van der Waals surface area (Å²) in [5, 5.41) is 3.05. The van der Waals surface area contributed by atoms with Gasteiger partial charge in [-0.05, 0) is 44.0 Å². The van der Waals surface area contributed by atoms with E-state index in [9.17, 15) is 9.59 Å². The lowest BCUT2D eigenvalue weighted by molar-refractivity contribution is -0.126. The molecule has 4 rings (SSSR count). The molecule has 0 aromatic heterocycles. The van der Waals surface area contributed by atoms with Crippen molar-refractivity contribution in [2.24, 2.45) is 5.92 Å². The van der Waals surface area contributed by atoms with E-state index in [1.54, 1.807) is 4.90 Å². The third-order valence-corrected chi connectivity index (χ3v) is 6.87. The minimum atomic E-state index is -0.310. The Morgan fingerprint density at radius 2 is 1.69 bits per heavy atom. The molecule has 1 unspecified atom stereocenters. The molecule has 2 aromatic rings. The number of carbonyl (C=O) groups excluding carboxylic acids is 2. The summed E-state index contributed by atoms with van der Waals surface area (Å²) in [6, 6.07) is 18.2. The Hall–Kier alpha value is -2.90. The Kier molecular flexibility index (Phi) is 9.15. The molecule has 2 amide bonds. The second kappa shape index (κ2) is 12.7. The number of nitrogens with zero attached hydrogens (tertiary/aromatic N) is 3. The number of hydrogen-bond donors (Lipinski definition) is 1. The molecule has 188 valence electrons. The fourth-order valence-corrected chi connectivity index (χ4v) is 4.90. The minimum absolute atomic E-state index is 0.0238. The largest absolute Gasteiger partial charge is 0.492 e. The van der Waals surface area contributed by atoms with Gasteiger partial charge in [-0.15, -0.1) is 0 Å². The zero-order valence-corrected chi connectivity index (χ0v) is 20.8. The highest BCUT2D eigenvalue weighted by atomic mass is 16.5. The quantitative estimate of drug-likeness (QED) is 0.503. The number of nitrogens with one attached hydrogen (secondary N) is 1. The van der Waals surface area contributed by atoms with Gasteiger partial charge in [-0.25, -0.2) is 0 Å². The number of benzene rings is 2. The number of piperazine rings is 1. The van der Waals surface area contributed by atoms with E-state index in [0.29, 0.717) is 25.4 Å². The van der Waals surface area contributed by atoms with Gasteiger partial charge in [0.05, 0.1) is 18.2 Å². The molecule has 2 heterocycles. The fourth-order valence-electron chi connectivity index (χ4n) is 4.90. The van der Waals surface area contributed by atoms with Gasteiger partial charge in [0.1, 0.15) is 5.75 Å². The SMILES string of the molecule is CCOc1ccccc1N1CC(C(=O)NCCCCN2CCN(Cc3ccccc3)CC2)CC1=O. The third-order valence-electron chi connectivity index (χ3n) is 6.87. The van der Waals surface area contributed by atoms with Crippen LogP contribution in [0.15, 0.2) is 54.6 Å². The standard InChI is InChI=1S/C28H38N4O3/c1-2-35-26-13-7-6-12-25(26)32-22-24(20-27(32)33)28(34)29-14-8-9-15-30-16-18-31(19-17-30)21-23-10-4-3-5-11-23/h3-7,10-13,24H,2,8-9,14-22H2,1H3,(H,29,34). The summed E-state index contributed by atoms with van der Waals surface area (Å²) in [5.74, 6) is 0.327. The van der Waals surface area contributed by atoms with E-state index in [0.717, 1.165) is 57.8 Å². The van der Waals surface area contributed by atoms with Crippen molar-refractivity contribution in [3.05, 3.63) is 60.2 Å². The van der Waals surface area contributed by atoms with Crippen LogP contribution in [0.3, 0.4) is 0 Å². The lowest BCUT2D eigenvalue weighted by atomic mass is 10.1. The summed E-state index contributed by atoms with van der Waals surface area (Å²) in [4.78, 5) is 32.0. The molecule has 0 radical (unpaired) electrons. The molecular formula is C28H38N4O3. The third kappa shape index (κ3) is 7.05. The summed E-state index contributed by atoms with van der Waals surface area (Å²) < 4.78 is 5.67. The lowest BCUT2D eigenvalue weighted by Crippen LogP contribution is -2.46. The predicted octanol–water partition coefficient (Wildman–Crippen LogP) is 3.15. The fraction of sp³-hybridized carbons (Fsp3) is 0.500. The molecule has 2 fully saturated rings. The van der Waals surface area contributed by atoms with Crippen molar-refractivity contribution in [2.45, 2.75) is 32.7 Å². The second-order valence-corrected chi connectivity index (χ2v) is 9.41. The Morgan fingerprint density at radius 3 is 2.46 bits per heavy atom. The summed E-state index contributed by atoms with van der Waals surface area (Å²) in [6.45, 7) is 10.0. The van der Waals surface area contributed by atoms with Gasteiger partial charge in [0.15, 0.2) is 0 Å². The Bertz CT molecular complexity index is 960. The van der Waals surface area contributed by atoms with Crippen LogP contribution in [0.25, 0.3) is 0 Å². The van der Waals surface area contributed by atoms with Crippen LogP contribution in [0.4, 0.5) is 5.69 Å². The summed E-state index contributed by atoms with van der Waals surface area (Å²) in [5.41, 5.74) is 2.13. The molecule has 0 spiro atoms. The van der Waals surface area contributed by atoms with Crippen molar-refractivity contribution < 1.29 is 14.3 Å². The van der Waals surface area contributed by atoms with Gasteiger partial charge in [0, 0.05) is 52.2 Å². The van der Waals surface area contributed by atoms with Gasteiger partial charge < -0.3 is 19.9 Å². The van der Waals surface area contributed by atoms with Crippen LogP contribution in [0.2, 0.25) is 0 Å². The molecule has 2 saturated heterocycles. The summed E-state index contributed by atoms with van der Waals surface area (Å²) in [6.07, 6.45) is 2.27. The molecule has 0 bridgehead atoms. The minimum Gasteiger partial charge on any atom is -0.492 e. The van der Waals surface area contributed by atoms with Gasteiger partial charge in [-0.1, -0.05) is 42.5 Å². The van der Waals surface area contributed by atoms with Gasteiger partial charge in [0.2, 0.25) is 11.8 Å². The highest BCUT2D eigenvalue weighted by Gasteiger charge is 2.36. The number of carbonyl (C=O) groups is 2. The van der Waals surface area contributed by atoms with Crippen LogP contribution in [0, 0.1) is 5.92 Å². The average molecular weight is 479 g/mol. The predicted molar refractivity (Wildman–Crippen MR) is 138 cm³/mol. The first-order valence-electron chi connectivity index (χ1n) is 12.9. The van der Waals surface area contributed by atoms with Gasteiger partial charge in [-0.3, -0.25) is 14.5 Å². The van der Waals surface area contributed by atoms with Gasteiger partial charge >= 0.3 is 0 Å². The number of anilines is 1. The molecule has 1 atom stereocenters. The van der Waals surface area contributed by atoms with E-state index >= 15 is 0 Å². The van der Waals surface area contributed by atoms with Crippen molar-refractivity contribution >= 4 is 17.5 Å². The number of amides is 2. The maximum Gasteiger partial charge on any atom is 0.227 e. The van der Waals surface area contributed by atoms with E-state index in [2.05, 4.69) is 45.4 Å². The monoisotopic (exact) mass is 478 g/mol. The van der Waals surface area contributed by atoms with Crippen molar-refractivity contribution in [3.8, 4) is 5.75 Å². The molecule has 2 aromatic carbocycles. The van der Waals surface area contributed by atoms with Crippen molar-refractivity contribution in [3.63, 3.8) is 0 Å². The van der Waals surface area contributed by atoms with Crippen LogP contribution in [0.1, 0.15) is 31.7 Å². The molecular weight excluding hydrogens is 440 g/mol. The Morgan fingerprint density at radius 1 is 0.971 bits per heavy atom. The molecule has 1 N–H and O–H groups in total. The second-order valence-electron chi connectivity index (χ2n) is 9.41. The highest BCUT2D eigenvalue weighted by molar-refractivity contribution is 6.01. The molecule has 7 heteroatoms. The molecule has 0 aliphatic carbocycles. The van der Waals surface area contributed by atoms with Crippen molar-refractivity contribution in [1.82, 2.24) is 15.1 Å². The normalized spacial score (nSPS) is 19.2. The number of rotatable bonds is 11. The number of ether oxygens (including phenoxy) is 1. The van der Waals surface area contributed by atoms with Crippen molar-refractivity contribution in [1.29, 1.82) is 0 Å². The Labute approximate surface area is 209 Å². The lowest BCUT2D eigenvalue weighted by Gasteiger charge is -2.34. The van der Waals surface area contributed by atoms with E-state index in [1.165, 1.54) is 5.56 Å². The maximum absolute atomic E-state index is 12.7. The van der Waals surface area contributed by atoms with E-state index in [4.69, 9.17) is 4.74 Å². The van der Waals surface area contributed by atoms with Gasteiger partial charge in [0.25, 0.3) is 0 Å². The van der Waals surface area contributed by atoms with E-state index in [1.807, 2.05) is 31.2 Å². The molecule has 35 heavy (non-hydrogen) atoms. The van der Waals surface area contributed by atoms with Crippen LogP contribution in [0.5, 0.6) is 5.75 Å². The smallest absolute Gasteiger partial charge is 0.227 e. The first-order valence-corrected chi connectivity index (χ1v) is 12.9. The first kappa shape index (κ1) is 25.2. The van der Waals surface area contributed by atoms with Crippen LogP contribution in [-0.4, -0.2) is 74.0 Å². The van der Waals surface area contributed by atoms with Crippen molar-refractivity contribution in [2.75, 3.05) is 57.3 Å². The van der Waals surface area contributed by atoms with Crippen LogP contribution < -0.4 is 15.0 Å². The average Bonchev–Trinajstić information content (AvgIpc) is 3.27. The Balaban J connectivity index is 1.12. The molecule has 7 nitrogen and oxygen atoms in total. The van der Waals surface area contributed by atoms with Gasteiger partial charge in [-0.2, -0.15) is 0 Å². The number of hydrogen-bond acceptors (Lipinski definition) is 5. The summed E-state index contributed by atoms with van der Waals surface area (Å²) in [7, 11) is 0. The van der Waals surface area contributed by atoms with E-state index < -0.39 is 0 Å². The van der Waals surface area contributed by atoms with Crippen LogP contribution >= 0.6 is 0 Å². The zero-order chi connectivity index (χ0) is 24.5. The van der Waals surface area contributed by atoms with E-state index in [-0.39, 0.29) is 24.2 Å². The topological polar surface area (TPSA) is 65.1 Å². The molecule has 2 aliphatic rings. The van der Waals surface area contributed by atoms with Crippen LogP contribution in [-0.2, 0) is 16.1 Å². The molecule has 0 saturated carbocycles. The summed E-state index contributed by atoms with van der Waals surface area (Å²) >= 11 is 0.